The van der Waals surface area contributed by atoms with Crippen LogP contribution in [0, 0.1) is 0 Å². The second-order valence-electron chi connectivity index (χ2n) is 5.21. The van der Waals surface area contributed by atoms with Gasteiger partial charge in [0.05, 0.1) is 13.5 Å². The Labute approximate surface area is 135 Å². The third-order valence-electron chi connectivity index (χ3n) is 3.62. The summed E-state index contributed by atoms with van der Waals surface area (Å²) in [5.41, 5.74) is 0.959. The van der Waals surface area contributed by atoms with E-state index in [2.05, 4.69) is 4.74 Å². The number of benzene rings is 1. The average molecular weight is 326 g/mol. The fourth-order valence-corrected chi connectivity index (χ4v) is 2.51. The van der Waals surface area contributed by atoms with Gasteiger partial charge in [0.1, 0.15) is 6.10 Å². The molecule has 1 aromatic rings. The average Bonchev–Trinajstić information content (AvgIpc) is 3.06. The predicted molar refractivity (Wildman–Crippen MR) is 82.5 cm³/mol. The standard InChI is InChI=1S/C16H20ClNO4/c1-21-15(19)8-9-18(16(20)14-3-2-10-22-14)11-12-4-6-13(17)7-5-12/h4-7,14H,2-3,8-11H2,1H3. The Morgan fingerprint density at radius 3 is 2.68 bits per heavy atom. The lowest BCUT2D eigenvalue weighted by Gasteiger charge is -2.25. The highest BCUT2D eigenvalue weighted by Crippen LogP contribution is 2.18. The molecule has 1 aliphatic heterocycles. The first-order valence-corrected chi connectivity index (χ1v) is 7.69. The van der Waals surface area contributed by atoms with Gasteiger partial charge in [-0.1, -0.05) is 23.7 Å². The van der Waals surface area contributed by atoms with Gasteiger partial charge in [-0.3, -0.25) is 9.59 Å². The van der Waals surface area contributed by atoms with Crippen LogP contribution in [0.5, 0.6) is 0 Å². The molecule has 22 heavy (non-hydrogen) atoms. The van der Waals surface area contributed by atoms with E-state index >= 15 is 0 Å². The Morgan fingerprint density at radius 2 is 2.09 bits per heavy atom. The van der Waals surface area contributed by atoms with Gasteiger partial charge in [0.2, 0.25) is 0 Å². The van der Waals surface area contributed by atoms with Crippen LogP contribution in [0.3, 0.4) is 0 Å². The predicted octanol–water partition coefficient (Wildman–Crippen LogP) is 2.41. The van der Waals surface area contributed by atoms with Crippen molar-refractivity contribution in [3.05, 3.63) is 34.9 Å². The van der Waals surface area contributed by atoms with Crippen LogP contribution in [0.15, 0.2) is 24.3 Å². The molecule has 2 rings (SSSR count). The van der Waals surface area contributed by atoms with Crippen LogP contribution < -0.4 is 0 Å². The summed E-state index contributed by atoms with van der Waals surface area (Å²) in [6.45, 7) is 1.35. The molecular formula is C16H20ClNO4. The highest BCUT2D eigenvalue weighted by Gasteiger charge is 2.28. The second-order valence-corrected chi connectivity index (χ2v) is 5.65. The number of hydrogen-bond acceptors (Lipinski definition) is 4. The SMILES string of the molecule is COC(=O)CCN(Cc1ccc(Cl)cc1)C(=O)C1CCCO1. The molecule has 1 heterocycles. The van der Waals surface area contributed by atoms with E-state index in [0.717, 1.165) is 18.4 Å². The molecule has 0 aromatic heterocycles. The zero-order chi connectivity index (χ0) is 15.9. The van der Waals surface area contributed by atoms with Crippen molar-refractivity contribution >= 4 is 23.5 Å². The number of hydrogen-bond donors (Lipinski definition) is 0. The summed E-state index contributed by atoms with van der Waals surface area (Å²) in [5.74, 6) is -0.405. The molecule has 0 saturated carbocycles. The summed E-state index contributed by atoms with van der Waals surface area (Å²) in [5, 5.41) is 0.648. The van der Waals surface area contributed by atoms with E-state index in [-0.39, 0.29) is 18.3 Å². The van der Waals surface area contributed by atoms with Crippen molar-refractivity contribution in [3.8, 4) is 0 Å². The van der Waals surface area contributed by atoms with E-state index in [0.29, 0.717) is 24.7 Å². The maximum atomic E-state index is 12.5. The number of nitrogens with zero attached hydrogens (tertiary/aromatic N) is 1. The molecule has 1 aromatic carbocycles. The van der Waals surface area contributed by atoms with Crippen LogP contribution in [0.2, 0.25) is 5.02 Å². The van der Waals surface area contributed by atoms with Crippen LogP contribution >= 0.6 is 11.6 Å². The Bertz CT molecular complexity index is 511. The molecule has 1 aliphatic rings. The number of methoxy groups -OCH3 is 1. The molecule has 0 bridgehead atoms. The summed E-state index contributed by atoms with van der Waals surface area (Å²) in [4.78, 5) is 25.5. The van der Waals surface area contributed by atoms with Crippen LogP contribution in [0.1, 0.15) is 24.8 Å². The molecular weight excluding hydrogens is 306 g/mol. The van der Waals surface area contributed by atoms with Crippen molar-refractivity contribution in [2.24, 2.45) is 0 Å². The molecule has 1 fully saturated rings. The van der Waals surface area contributed by atoms with Gasteiger partial charge in [-0.25, -0.2) is 0 Å². The van der Waals surface area contributed by atoms with Gasteiger partial charge in [-0.05, 0) is 30.5 Å². The third-order valence-corrected chi connectivity index (χ3v) is 3.87. The van der Waals surface area contributed by atoms with Crippen molar-refractivity contribution < 1.29 is 19.1 Å². The van der Waals surface area contributed by atoms with Gasteiger partial charge in [-0.2, -0.15) is 0 Å². The first kappa shape index (κ1) is 16.8. The lowest BCUT2D eigenvalue weighted by Crippen LogP contribution is -2.39. The topological polar surface area (TPSA) is 55.8 Å². The zero-order valence-electron chi connectivity index (χ0n) is 12.6. The minimum absolute atomic E-state index is 0.0728. The van der Waals surface area contributed by atoms with Gasteiger partial charge >= 0.3 is 5.97 Å². The molecule has 1 unspecified atom stereocenters. The number of carbonyl (C=O) groups excluding carboxylic acids is 2. The molecule has 0 aliphatic carbocycles. The van der Waals surface area contributed by atoms with E-state index in [1.807, 2.05) is 12.1 Å². The zero-order valence-corrected chi connectivity index (χ0v) is 13.3. The van der Waals surface area contributed by atoms with Crippen molar-refractivity contribution in [2.45, 2.75) is 31.9 Å². The molecule has 0 N–H and O–H groups in total. The molecule has 0 spiro atoms. The summed E-state index contributed by atoms with van der Waals surface area (Å²) in [6, 6.07) is 7.31. The third kappa shape index (κ3) is 4.71. The monoisotopic (exact) mass is 325 g/mol. The Kier molecular flexibility index (Phi) is 6.21. The first-order chi connectivity index (χ1) is 10.6. The van der Waals surface area contributed by atoms with Gasteiger partial charge in [0, 0.05) is 24.7 Å². The van der Waals surface area contributed by atoms with Crippen molar-refractivity contribution in [3.63, 3.8) is 0 Å². The van der Waals surface area contributed by atoms with Crippen molar-refractivity contribution in [1.29, 1.82) is 0 Å². The molecule has 0 radical (unpaired) electrons. The van der Waals surface area contributed by atoms with E-state index in [9.17, 15) is 9.59 Å². The first-order valence-electron chi connectivity index (χ1n) is 7.32. The maximum Gasteiger partial charge on any atom is 0.307 e. The minimum atomic E-state index is -0.398. The highest BCUT2D eigenvalue weighted by molar-refractivity contribution is 6.30. The number of rotatable bonds is 6. The van der Waals surface area contributed by atoms with Crippen LogP contribution in [0.4, 0.5) is 0 Å². The van der Waals surface area contributed by atoms with Gasteiger partial charge in [-0.15, -0.1) is 0 Å². The number of carbonyl (C=O) groups is 2. The summed E-state index contributed by atoms with van der Waals surface area (Å²) in [6.07, 6.45) is 1.39. The summed E-state index contributed by atoms with van der Waals surface area (Å²) < 4.78 is 10.1. The van der Waals surface area contributed by atoms with E-state index in [4.69, 9.17) is 16.3 Å². The fraction of sp³-hybridized carbons (Fsp3) is 0.500. The molecule has 1 saturated heterocycles. The maximum absolute atomic E-state index is 12.5. The van der Waals surface area contributed by atoms with Gasteiger partial charge < -0.3 is 14.4 Å². The second kappa shape index (κ2) is 8.15. The van der Waals surface area contributed by atoms with E-state index in [1.165, 1.54) is 7.11 Å². The lowest BCUT2D eigenvalue weighted by atomic mass is 10.1. The highest BCUT2D eigenvalue weighted by atomic mass is 35.5. The molecule has 1 atom stereocenters. The van der Waals surface area contributed by atoms with Crippen LogP contribution in [-0.2, 0) is 25.6 Å². The van der Waals surface area contributed by atoms with Crippen molar-refractivity contribution in [2.75, 3.05) is 20.3 Å². The summed E-state index contributed by atoms with van der Waals surface area (Å²) in [7, 11) is 1.34. The van der Waals surface area contributed by atoms with Crippen molar-refractivity contribution in [1.82, 2.24) is 4.90 Å². The van der Waals surface area contributed by atoms with Crippen LogP contribution in [-0.4, -0.2) is 43.1 Å². The van der Waals surface area contributed by atoms with Gasteiger partial charge in [0.15, 0.2) is 0 Å². The lowest BCUT2D eigenvalue weighted by molar-refractivity contribution is -0.144. The summed E-state index contributed by atoms with van der Waals surface area (Å²) >= 11 is 5.87. The largest absolute Gasteiger partial charge is 0.469 e. The van der Waals surface area contributed by atoms with E-state index in [1.54, 1.807) is 17.0 Å². The smallest absolute Gasteiger partial charge is 0.307 e. The number of esters is 1. The van der Waals surface area contributed by atoms with Gasteiger partial charge in [0.25, 0.3) is 5.91 Å². The number of halogens is 1. The Balaban J connectivity index is 2.04. The molecule has 6 heteroatoms. The van der Waals surface area contributed by atoms with Crippen LogP contribution in [0.25, 0.3) is 0 Å². The molecule has 120 valence electrons. The molecule has 1 amide bonds. The number of ether oxygens (including phenoxy) is 2. The Morgan fingerprint density at radius 1 is 1.36 bits per heavy atom. The Hall–Kier alpha value is -1.59. The quantitative estimate of drug-likeness (QED) is 0.754. The molecule has 5 nitrogen and oxygen atoms in total. The fourth-order valence-electron chi connectivity index (χ4n) is 2.38. The normalized spacial score (nSPS) is 17.3. The minimum Gasteiger partial charge on any atom is -0.469 e. The number of amides is 1. The van der Waals surface area contributed by atoms with E-state index < -0.39 is 6.10 Å².